The van der Waals surface area contributed by atoms with Gasteiger partial charge in [0.15, 0.2) is 0 Å². The summed E-state index contributed by atoms with van der Waals surface area (Å²) in [4.78, 5) is 4.38. The fraction of sp³-hybridized carbons (Fsp3) is 0.0833. The number of pyridine rings is 1. The summed E-state index contributed by atoms with van der Waals surface area (Å²) in [6, 6.07) is 8.49. The zero-order valence-electron chi connectivity index (χ0n) is 7.82. The van der Waals surface area contributed by atoms with Gasteiger partial charge >= 0.3 is 0 Å². The molecule has 1 aromatic carbocycles. The third-order valence-electron chi connectivity index (χ3n) is 2.55. The van der Waals surface area contributed by atoms with Crippen LogP contribution in [0.25, 0.3) is 21.0 Å². The summed E-state index contributed by atoms with van der Waals surface area (Å²) in [5.74, 6) is 0. The van der Waals surface area contributed by atoms with Crippen LogP contribution in [0.15, 0.2) is 35.8 Å². The van der Waals surface area contributed by atoms with Gasteiger partial charge in [-0.25, -0.2) is 0 Å². The van der Waals surface area contributed by atoms with E-state index in [1.54, 1.807) is 11.3 Å². The summed E-state index contributed by atoms with van der Waals surface area (Å²) in [5.41, 5.74) is 2.40. The number of aromatic nitrogens is 1. The number of hydrogen-bond donors (Lipinski definition) is 0. The largest absolute Gasteiger partial charge is 0.256 e. The van der Waals surface area contributed by atoms with Gasteiger partial charge in [-0.2, -0.15) is 0 Å². The molecular formula is C12H9NS. The Morgan fingerprint density at radius 2 is 2.07 bits per heavy atom. The molecule has 0 saturated carbocycles. The number of nitrogens with zero attached hydrogens (tertiary/aromatic N) is 1. The van der Waals surface area contributed by atoms with Crippen LogP contribution in [0.2, 0.25) is 0 Å². The predicted octanol–water partition coefficient (Wildman–Crippen LogP) is 3.76. The Balaban J connectivity index is 2.67. The van der Waals surface area contributed by atoms with E-state index in [0.29, 0.717) is 0 Å². The van der Waals surface area contributed by atoms with Crippen molar-refractivity contribution in [3.8, 4) is 0 Å². The van der Waals surface area contributed by atoms with E-state index < -0.39 is 0 Å². The maximum absolute atomic E-state index is 4.38. The highest BCUT2D eigenvalue weighted by Gasteiger charge is 2.03. The molecule has 0 atom stereocenters. The molecule has 0 unspecified atom stereocenters. The summed E-state index contributed by atoms with van der Waals surface area (Å²) in [6.45, 7) is 2.14. The van der Waals surface area contributed by atoms with Gasteiger partial charge in [0.1, 0.15) is 0 Å². The van der Waals surface area contributed by atoms with E-state index in [1.165, 1.54) is 21.0 Å². The first-order valence-electron chi connectivity index (χ1n) is 4.58. The fourth-order valence-electron chi connectivity index (χ4n) is 1.87. The lowest BCUT2D eigenvalue weighted by atomic mass is 10.1. The molecule has 2 heterocycles. The quantitative estimate of drug-likeness (QED) is 0.537. The lowest BCUT2D eigenvalue weighted by Gasteiger charge is -2.01. The normalized spacial score (nSPS) is 11.2. The molecule has 0 aliphatic rings. The van der Waals surface area contributed by atoms with E-state index in [4.69, 9.17) is 0 Å². The minimum atomic E-state index is 1.09. The Hall–Kier alpha value is -1.41. The summed E-state index contributed by atoms with van der Waals surface area (Å²) < 4.78 is 1.34. The smallest absolute Gasteiger partial charge is 0.0711 e. The van der Waals surface area contributed by atoms with Crippen molar-refractivity contribution in [2.24, 2.45) is 0 Å². The predicted molar refractivity (Wildman–Crippen MR) is 61.9 cm³/mol. The van der Waals surface area contributed by atoms with Gasteiger partial charge in [-0.05, 0) is 42.1 Å². The molecule has 0 spiro atoms. The average Bonchev–Trinajstić information content (AvgIpc) is 2.65. The first-order chi connectivity index (χ1) is 6.86. The van der Waals surface area contributed by atoms with Gasteiger partial charge in [0, 0.05) is 21.7 Å². The third kappa shape index (κ3) is 0.976. The van der Waals surface area contributed by atoms with Crippen LogP contribution in [-0.2, 0) is 0 Å². The molecule has 0 amide bonds. The Labute approximate surface area is 86.0 Å². The van der Waals surface area contributed by atoms with E-state index in [0.717, 1.165) is 5.52 Å². The maximum Gasteiger partial charge on any atom is 0.0711 e. The van der Waals surface area contributed by atoms with Crippen molar-refractivity contribution >= 4 is 32.3 Å². The van der Waals surface area contributed by atoms with Crippen molar-refractivity contribution in [3.05, 3.63) is 41.4 Å². The molecule has 0 bridgehead atoms. The van der Waals surface area contributed by atoms with Crippen molar-refractivity contribution in [2.45, 2.75) is 6.92 Å². The highest BCUT2D eigenvalue weighted by atomic mass is 32.1. The molecule has 0 radical (unpaired) electrons. The van der Waals surface area contributed by atoms with Gasteiger partial charge in [0.25, 0.3) is 0 Å². The molecule has 3 aromatic rings. The van der Waals surface area contributed by atoms with Crippen molar-refractivity contribution in [1.29, 1.82) is 0 Å². The van der Waals surface area contributed by atoms with Crippen molar-refractivity contribution in [2.75, 3.05) is 0 Å². The molecule has 0 aliphatic heterocycles. The summed E-state index contributed by atoms with van der Waals surface area (Å²) in [7, 11) is 0. The monoisotopic (exact) mass is 199 g/mol. The van der Waals surface area contributed by atoms with Crippen LogP contribution in [-0.4, -0.2) is 4.98 Å². The number of benzene rings is 1. The first-order valence-corrected chi connectivity index (χ1v) is 5.46. The van der Waals surface area contributed by atoms with Gasteiger partial charge in [0.05, 0.1) is 5.52 Å². The van der Waals surface area contributed by atoms with Gasteiger partial charge in [0.2, 0.25) is 0 Å². The Bertz CT molecular complexity index is 610. The zero-order valence-corrected chi connectivity index (χ0v) is 8.64. The van der Waals surface area contributed by atoms with E-state index in [-0.39, 0.29) is 0 Å². The molecule has 2 aromatic heterocycles. The van der Waals surface area contributed by atoms with Crippen LogP contribution in [0.1, 0.15) is 5.56 Å². The highest BCUT2D eigenvalue weighted by molar-refractivity contribution is 7.17. The molecule has 0 N–H and O–H groups in total. The van der Waals surface area contributed by atoms with Crippen LogP contribution in [0.3, 0.4) is 0 Å². The molecule has 14 heavy (non-hydrogen) atoms. The fourth-order valence-corrected chi connectivity index (χ4v) is 2.66. The van der Waals surface area contributed by atoms with Gasteiger partial charge in [-0.1, -0.05) is 0 Å². The van der Waals surface area contributed by atoms with Crippen LogP contribution in [0, 0.1) is 6.92 Å². The molecule has 3 rings (SSSR count). The second kappa shape index (κ2) is 2.79. The van der Waals surface area contributed by atoms with E-state index in [2.05, 4.69) is 41.6 Å². The molecule has 0 saturated heterocycles. The third-order valence-corrected chi connectivity index (χ3v) is 3.43. The topological polar surface area (TPSA) is 12.9 Å². The molecular weight excluding hydrogens is 190 g/mol. The number of hydrogen-bond acceptors (Lipinski definition) is 2. The summed E-state index contributed by atoms with van der Waals surface area (Å²) in [5, 5.41) is 4.76. The lowest BCUT2D eigenvalue weighted by Crippen LogP contribution is -1.81. The minimum Gasteiger partial charge on any atom is -0.256 e. The molecule has 2 heteroatoms. The number of rotatable bonds is 0. The molecule has 0 aliphatic carbocycles. The van der Waals surface area contributed by atoms with E-state index in [1.807, 2.05) is 6.20 Å². The van der Waals surface area contributed by atoms with Crippen molar-refractivity contribution < 1.29 is 0 Å². The first kappa shape index (κ1) is 7.94. The van der Waals surface area contributed by atoms with Crippen LogP contribution < -0.4 is 0 Å². The van der Waals surface area contributed by atoms with E-state index in [9.17, 15) is 0 Å². The van der Waals surface area contributed by atoms with Crippen molar-refractivity contribution in [1.82, 2.24) is 4.98 Å². The highest BCUT2D eigenvalue weighted by Crippen LogP contribution is 2.29. The van der Waals surface area contributed by atoms with Crippen molar-refractivity contribution in [3.63, 3.8) is 0 Å². The Morgan fingerprint density at radius 3 is 3.00 bits per heavy atom. The van der Waals surface area contributed by atoms with Crippen LogP contribution >= 0.6 is 11.3 Å². The van der Waals surface area contributed by atoms with Crippen LogP contribution in [0.5, 0.6) is 0 Å². The average molecular weight is 199 g/mol. The minimum absolute atomic E-state index is 1.09. The SMILES string of the molecule is Cc1ccnc2ccc3sccc3c12. The number of thiophene rings is 1. The summed E-state index contributed by atoms with van der Waals surface area (Å²) in [6.07, 6.45) is 1.87. The van der Waals surface area contributed by atoms with Gasteiger partial charge in [-0.15, -0.1) is 11.3 Å². The second-order valence-electron chi connectivity index (χ2n) is 3.42. The summed E-state index contributed by atoms with van der Waals surface area (Å²) >= 11 is 1.78. The number of aryl methyl sites for hydroxylation is 1. The number of fused-ring (bicyclic) bond motifs is 3. The Morgan fingerprint density at radius 1 is 1.14 bits per heavy atom. The lowest BCUT2D eigenvalue weighted by molar-refractivity contribution is 1.38. The van der Waals surface area contributed by atoms with E-state index >= 15 is 0 Å². The van der Waals surface area contributed by atoms with Gasteiger partial charge in [-0.3, -0.25) is 4.98 Å². The standard InChI is InChI=1S/C12H9NS/c1-8-4-6-13-10-2-3-11-9(12(8)10)5-7-14-11/h2-7H,1H3. The molecule has 1 nitrogen and oxygen atoms in total. The molecule has 0 fully saturated rings. The Kier molecular flexibility index (Phi) is 1.58. The van der Waals surface area contributed by atoms with Gasteiger partial charge < -0.3 is 0 Å². The zero-order chi connectivity index (χ0) is 9.54. The molecule has 68 valence electrons. The maximum atomic E-state index is 4.38. The second-order valence-corrected chi connectivity index (χ2v) is 4.37. The van der Waals surface area contributed by atoms with Crippen LogP contribution in [0.4, 0.5) is 0 Å².